The van der Waals surface area contributed by atoms with Crippen LogP contribution in [0.1, 0.15) is 26.1 Å². The zero-order valence-electron chi connectivity index (χ0n) is 17.8. The quantitative estimate of drug-likeness (QED) is 0.665. The first kappa shape index (κ1) is 20.2. The molecule has 4 rings (SSSR count). The van der Waals surface area contributed by atoms with E-state index in [9.17, 15) is 4.79 Å². The number of ether oxygens (including phenoxy) is 1. The third-order valence-electron chi connectivity index (χ3n) is 5.52. The van der Waals surface area contributed by atoms with Gasteiger partial charge in [0.15, 0.2) is 5.65 Å². The fourth-order valence-electron chi connectivity index (χ4n) is 4.04. The Morgan fingerprint density at radius 2 is 2.07 bits per heavy atom. The number of rotatable bonds is 6. The molecule has 7 heteroatoms. The highest BCUT2D eigenvalue weighted by Crippen LogP contribution is 2.24. The number of urea groups is 1. The smallest absolute Gasteiger partial charge is 0.321 e. The molecule has 0 bridgehead atoms. The van der Waals surface area contributed by atoms with Crippen molar-refractivity contribution in [1.82, 2.24) is 19.4 Å². The van der Waals surface area contributed by atoms with E-state index in [4.69, 9.17) is 9.72 Å². The molecule has 0 unspecified atom stereocenters. The lowest BCUT2D eigenvalue weighted by Gasteiger charge is -2.18. The zero-order valence-corrected chi connectivity index (χ0v) is 17.8. The van der Waals surface area contributed by atoms with E-state index < -0.39 is 0 Å². The van der Waals surface area contributed by atoms with Gasteiger partial charge in [-0.3, -0.25) is 0 Å². The number of pyridine rings is 1. The van der Waals surface area contributed by atoms with Crippen molar-refractivity contribution in [3.8, 4) is 5.75 Å². The van der Waals surface area contributed by atoms with Crippen LogP contribution in [-0.2, 0) is 13.0 Å². The maximum absolute atomic E-state index is 12.7. The molecule has 2 aromatic heterocycles. The van der Waals surface area contributed by atoms with Gasteiger partial charge in [0.25, 0.3) is 0 Å². The number of benzene rings is 1. The van der Waals surface area contributed by atoms with Gasteiger partial charge in [-0.05, 0) is 54.7 Å². The number of nitrogens with zero attached hydrogens (tertiary/aromatic N) is 4. The average Bonchev–Trinajstić information content (AvgIpc) is 3.34. The first-order chi connectivity index (χ1) is 14.5. The molecule has 2 amide bonds. The maximum atomic E-state index is 12.7. The number of methoxy groups -OCH3 is 1. The lowest BCUT2D eigenvalue weighted by molar-refractivity contribution is 0.220. The van der Waals surface area contributed by atoms with Crippen molar-refractivity contribution in [1.29, 1.82) is 0 Å². The molecule has 30 heavy (non-hydrogen) atoms. The number of likely N-dealkylation sites (tertiary alicyclic amines) is 1. The topological polar surface area (TPSA) is 72.3 Å². The molecule has 0 radical (unpaired) electrons. The lowest BCUT2D eigenvalue weighted by Crippen LogP contribution is -2.33. The summed E-state index contributed by atoms with van der Waals surface area (Å²) in [6.45, 7) is 6.81. The molecule has 0 saturated carbocycles. The zero-order chi connectivity index (χ0) is 21.1. The molecule has 158 valence electrons. The molecule has 1 aliphatic rings. The number of aromatic nitrogens is 3. The van der Waals surface area contributed by atoms with Gasteiger partial charge in [-0.1, -0.05) is 13.8 Å². The van der Waals surface area contributed by atoms with Crippen molar-refractivity contribution in [3.63, 3.8) is 0 Å². The van der Waals surface area contributed by atoms with E-state index in [2.05, 4.69) is 28.7 Å². The summed E-state index contributed by atoms with van der Waals surface area (Å²) in [6.07, 6.45) is 3.66. The molecule has 1 atom stereocenters. The number of nitrogens with one attached hydrogen (secondary N) is 1. The van der Waals surface area contributed by atoms with Crippen LogP contribution in [0.5, 0.6) is 5.75 Å². The molecule has 1 fully saturated rings. The predicted octanol–water partition coefficient (Wildman–Crippen LogP) is 4.19. The molecule has 3 heterocycles. The van der Waals surface area contributed by atoms with Crippen LogP contribution in [0.25, 0.3) is 11.2 Å². The Labute approximate surface area is 177 Å². The number of carbonyl (C=O) groups is 1. The van der Waals surface area contributed by atoms with Gasteiger partial charge in [-0.2, -0.15) is 0 Å². The summed E-state index contributed by atoms with van der Waals surface area (Å²) in [6, 6.07) is 11.3. The Balaban J connectivity index is 1.41. The third kappa shape index (κ3) is 4.40. The Kier molecular flexibility index (Phi) is 5.88. The Morgan fingerprint density at radius 3 is 2.80 bits per heavy atom. The molecular formula is C23H29N5O2. The van der Waals surface area contributed by atoms with Gasteiger partial charge in [-0.25, -0.2) is 14.8 Å². The van der Waals surface area contributed by atoms with Crippen LogP contribution in [0.3, 0.4) is 0 Å². The molecule has 1 saturated heterocycles. The standard InChI is InChI=1S/C23H29N5O2/c1-16(2)14-28-21(26-20-5-4-11-24-22(20)28)13-17-10-12-27(15-17)23(29)25-18-6-8-19(30-3)9-7-18/h4-9,11,16-17H,10,12-15H2,1-3H3,(H,25,29)/t17-/m1/s1. The van der Waals surface area contributed by atoms with Crippen molar-refractivity contribution in [3.05, 3.63) is 48.4 Å². The first-order valence-electron chi connectivity index (χ1n) is 10.5. The van der Waals surface area contributed by atoms with Crippen molar-refractivity contribution in [2.75, 3.05) is 25.5 Å². The highest BCUT2D eigenvalue weighted by atomic mass is 16.5. The normalized spacial score (nSPS) is 16.4. The number of amides is 2. The summed E-state index contributed by atoms with van der Waals surface area (Å²) in [5, 5.41) is 2.98. The van der Waals surface area contributed by atoms with Crippen LogP contribution in [-0.4, -0.2) is 45.7 Å². The Morgan fingerprint density at radius 1 is 1.27 bits per heavy atom. The maximum Gasteiger partial charge on any atom is 0.321 e. The van der Waals surface area contributed by atoms with Gasteiger partial charge >= 0.3 is 6.03 Å². The number of carbonyl (C=O) groups excluding carboxylic acids is 1. The number of hydrogen-bond donors (Lipinski definition) is 1. The fraction of sp³-hybridized carbons (Fsp3) is 0.435. The molecule has 1 aromatic carbocycles. The second-order valence-corrected chi connectivity index (χ2v) is 8.34. The Hall–Kier alpha value is -3.09. The first-order valence-corrected chi connectivity index (χ1v) is 10.5. The van der Waals surface area contributed by atoms with E-state index in [1.165, 1.54) is 0 Å². The van der Waals surface area contributed by atoms with Crippen molar-refractivity contribution < 1.29 is 9.53 Å². The number of hydrogen-bond acceptors (Lipinski definition) is 4. The lowest BCUT2D eigenvalue weighted by atomic mass is 10.0. The summed E-state index contributed by atoms with van der Waals surface area (Å²) < 4.78 is 7.41. The minimum Gasteiger partial charge on any atom is -0.497 e. The molecular weight excluding hydrogens is 378 g/mol. The van der Waals surface area contributed by atoms with Crippen LogP contribution in [0, 0.1) is 11.8 Å². The van der Waals surface area contributed by atoms with Gasteiger partial charge in [0.2, 0.25) is 0 Å². The van der Waals surface area contributed by atoms with E-state index in [1.807, 2.05) is 47.5 Å². The van der Waals surface area contributed by atoms with E-state index in [-0.39, 0.29) is 6.03 Å². The van der Waals surface area contributed by atoms with E-state index >= 15 is 0 Å². The van der Waals surface area contributed by atoms with E-state index in [0.29, 0.717) is 11.8 Å². The number of fused-ring (bicyclic) bond motifs is 1. The number of imidazole rings is 1. The van der Waals surface area contributed by atoms with Crippen LogP contribution >= 0.6 is 0 Å². The average molecular weight is 408 g/mol. The second-order valence-electron chi connectivity index (χ2n) is 8.34. The van der Waals surface area contributed by atoms with Crippen LogP contribution < -0.4 is 10.1 Å². The van der Waals surface area contributed by atoms with Gasteiger partial charge in [0.05, 0.1) is 7.11 Å². The third-order valence-corrected chi connectivity index (χ3v) is 5.52. The van der Waals surface area contributed by atoms with Crippen LogP contribution in [0.4, 0.5) is 10.5 Å². The molecule has 7 nitrogen and oxygen atoms in total. The summed E-state index contributed by atoms with van der Waals surface area (Å²) in [5.74, 6) is 2.75. The van der Waals surface area contributed by atoms with E-state index in [1.54, 1.807) is 7.11 Å². The van der Waals surface area contributed by atoms with Gasteiger partial charge < -0.3 is 19.5 Å². The minimum atomic E-state index is -0.0555. The van der Waals surface area contributed by atoms with E-state index in [0.717, 1.165) is 60.9 Å². The minimum absolute atomic E-state index is 0.0555. The fourth-order valence-corrected chi connectivity index (χ4v) is 4.04. The molecule has 1 aliphatic heterocycles. The highest BCUT2D eigenvalue weighted by Gasteiger charge is 2.28. The summed E-state index contributed by atoms with van der Waals surface area (Å²) in [7, 11) is 1.63. The van der Waals surface area contributed by atoms with Crippen molar-refractivity contribution in [2.24, 2.45) is 11.8 Å². The SMILES string of the molecule is COc1ccc(NC(=O)N2CC[C@H](Cc3nc4cccnc4n3CC(C)C)C2)cc1. The molecule has 1 N–H and O–H groups in total. The molecule has 0 spiro atoms. The summed E-state index contributed by atoms with van der Waals surface area (Å²) in [5.41, 5.74) is 2.67. The largest absolute Gasteiger partial charge is 0.497 e. The summed E-state index contributed by atoms with van der Waals surface area (Å²) in [4.78, 5) is 24.0. The van der Waals surface area contributed by atoms with Gasteiger partial charge in [0.1, 0.15) is 17.1 Å². The second kappa shape index (κ2) is 8.73. The molecule has 0 aliphatic carbocycles. The van der Waals surface area contributed by atoms with Gasteiger partial charge in [0, 0.05) is 37.9 Å². The van der Waals surface area contributed by atoms with Crippen molar-refractivity contribution >= 4 is 22.9 Å². The number of anilines is 1. The monoisotopic (exact) mass is 407 g/mol. The van der Waals surface area contributed by atoms with Gasteiger partial charge in [-0.15, -0.1) is 0 Å². The highest BCUT2D eigenvalue weighted by molar-refractivity contribution is 5.89. The molecule has 3 aromatic rings. The Bertz CT molecular complexity index is 1010. The van der Waals surface area contributed by atoms with Crippen molar-refractivity contribution in [2.45, 2.75) is 33.2 Å². The van der Waals surface area contributed by atoms with Crippen LogP contribution in [0.15, 0.2) is 42.6 Å². The predicted molar refractivity (Wildman–Crippen MR) is 118 cm³/mol. The van der Waals surface area contributed by atoms with Crippen LogP contribution in [0.2, 0.25) is 0 Å². The summed E-state index contributed by atoms with van der Waals surface area (Å²) >= 11 is 0.